The van der Waals surface area contributed by atoms with E-state index < -0.39 is 0 Å². The summed E-state index contributed by atoms with van der Waals surface area (Å²) in [6.45, 7) is 5.17. The lowest BCUT2D eigenvalue weighted by Gasteiger charge is -2.45. The molecule has 1 atom stereocenters. The van der Waals surface area contributed by atoms with Crippen molar-refractivity contribution in [3.63, 3.8) is 0 Å². The topological polar surface area (TPSA) is 52.3 Å². The minimum Gasteiger partial charge on any atom is -0.368 e. The third-order valence-electron chi connectivity index (χ3n) is 10.5. The Balaban J connectivity index is 1.21. The van der Waals surface area contributed by atoms with Crippen molar-refractivity contribution in [1.29, 1.82) is 0 Å². The summed E-state index contributed by atoms with van der Waals surface area (Å²) in [5, 5.41) is 9.99. The van der Waals surface area contributed by atoms with E-state index in [0.717, 1.165) is 77.7 Å². The highest BCUT2D eigenvalue weighted by Crippen LogP contribution is 2.51. The summed E-state index contributed by atoms with van der Waals surface area (Å²) in [7, 11) is 0. The lowest BCUT2D eigenvalue weighted by Crippen LogP contribution is -2.55. The predicted molar refractivity (Wildman–Crippen MR) is 205 cm³/mol. The second kappa shape index (κ2) is 11.7. The molecule has 10 rings (SSSR count). The van der Waals surface area contributed by atoms with Gasteiger partial charge in [0.25, 0.3) is 0 Å². The van der Waals surface area contributed by atoms with Gasteiger partial charge in [0.15, 0.2) is 17.5 Å². The van der Waals surface area contributed by atoms with Gasteiger partial charge in [0, 0.05) is 37.4 Å². The largest absolute Gasteiger partial charge is 0.368 e. The Bertz CT molecular complexity index is 2470. The molecular weight excluding hydrogens is 634 g/mol. The maximum absolute atomic E-state index is 13.7. The van der Waals surface area contributed by atoms with Crippen LogP contribution in [0.4, 0.5) is 27.3 Å². The summed E-state index contributed by atoms with van der Waals surface area (Å²) in [4.78, 5) is 18.0. The average molecular weight is 668 g/mol. The summed E-state index contributed by atoms with van der Waals surface area (Å²) < 4.78 is 15.7. The number of anilines is 2. The average Bonchev–Trinajstić information content (AvgIpc) is 3.52. The third kappa shape index (κ3) is 4.74. The van der Waals surface area contributed by atoms with Crippen LogP contribution in [-0.2, 0) is 0 Å². The van der Waals surface area contributed by atoms with E-state index in [9.17, 15) is 4.39 Å². The second-order valence-corrected chi connectivity index (χ2v) is 13.4. The molecule has 1 saturated heterocycles. The van der Waals surface area contributed by atoms with Crippen LogP contribution in [0.15, 0.2) is 143 Å². The number of piperazine rings is 1. The Morgan fingerprint density at radius 3 is 1.94 bits per heavy atom. The first-order valence-corrected chi connectivity index (χ1v) is 17.5. The van der Waals surface area contributed by atoms with Crippen LogP contribution in [-0.4, -0.2) is 52.5 Å². The van der Waals surface area contributed by atoms with E-state index in [0.29, 0.717) is 0 Å². The van der Waals surface area contributed by atoms with Crippen molar-refractivity contribution in [1.82, 2.24) is 14.7 Å². The van der Waals surface area contributed by atoms with Crippen LogP contribution in [0.3, 0.4) is 0 Å². The van der Waals surface area contributed by atoms with Crippen molar-refractivity contribution < 1.29 is 4.39 Å². The minimum atomic E-state index is -0.242. The van der Waals surface area contributed by atoms with E-state index in [1.165, 1.54) is 39.2 Å². The first-order valence-electron chi connectivity index (χ1n) is 17.5. The Morgan fingerprint density at radius 2 is 1.22 bits per heavy atom. The van der Waals surface area contributed by atoms with Crippen LogP contribution in [0.1, 0.15) is 22.9 Å². The molecule has 0 aliphatic carbocycles. The molecule has 1 fully saturated rings. The van der Waals surface area contributed by atoms with Gasteiger partial charge in [-0.25, -0.2) is 19.1 Å². The molecule has 3 aliphatic rings. The molecule has 6 aromatic carbocycles. The first-order chi connectivity index (χ1) is 25.1. The van der Waals surface area contributed by atoms with Crippen molar-refractivity contribution in [2.24, 2.45) is 9.98 Å². The highest BCUT2D eigenvalue weighted by molar-refractivity contribution is 6.48. The van der Waals surface area contributed by atoms with E-state index in [2.05, 4.69) is 113 Å². The molecular formula is C43H34FN7. The quantitative estimate of drug-likeness (QED) is 0.177. The monoisotopic (exact) mass is 667 g/mol. The summed E-state index contributed by atoms with van der Waals surface area (Å²) in [5.41, 5.74) is 7.17. The van der Waals surface area contributed by atoms with Gasteiger partial charge < -0.3 is 14.7 Å². The van der Waals surface area contributed by atoms with Crippen LogP contribution in [0.25, 0.3) is 27.2 Å². The zero-order valence-corrected chi connectivity index (χ0v) is 28.1. The number of benzene rings is 6. The molecule has 1 aromatic heterocycles. The van der Waals surface area contributed by atoms with Gasteiger partial charge >= 0.3 is 0 Å². The molecule has 0 spiro atoms. The molecule has 0 amide bonds. The summed E-state index contributed by atoms with van der Waals surface area (Å²) in [6, 6.07) is 45.0. The Morgan fingerprint density at radius 1 is 0.588 bits per heavy atom. The van der Waals surface area contributed by atoms with Crippen LogP contribution < -0.4 is 9.80 Å². The van der Waals surface area contributed by atoms with Gasteiger partial charge in [-0.15, -0.1) is 0 Å². The smallest absolute Gasteiger partial charge is 0.179 e. The van der Waals surface area contributed by atoms with Gasteiger partial charge in [-0.1, -0.05) is 78.9 Å². The summed E-state index contributed by atoms with van der Waals surface area (Å²) in [6.07, 6.45) is 0. The van der Waals surface area contributed by atoms with Gasteiger partial charge in [0.05, 0.1) is 28.8 Å². The lowest BCUT2D eigenvalue weighted by atomic mass is 9.86. The molecule has 0 unspecified atom stereocenters. The van der Waals surface area contributed by atoms with Crippen molar-refractivity contribution in [3.8, 4) is 5.69 Å². The SMILES string of the molecule is Cc1nn(-c2ccccc2)c2c1[C@H](c1c3ccccc3cc3ccccc13)N1C(=N2)C(N2CCN(c3ccc(F)cc3)CC2)=Nc2ccccc21. The molecule has 0 radical (unpaired) electrons. The zero-order valence-electron chi connectivity index (χ0n) is 28.1. The standard InChI is InChI=1S/C43H34FN7/c1-28-38-40(39-34-15-7-5-11-29(34)27-30-12-6-8-16-35(30)39)50-37-18-10-9-17-36(37)45-42(43(50)46-41(38)51(47-28)33-13-3-2-4-14-33)49-25-23-48(24-26-49)32-21-19-31(44)20-22-32/h2-22,27,40H,23-26H2,1H3/t40-/m1/s1. The van der Waals surface area contributed by atoms with Crippen LogP contribution in [0.5, 0.6) is 0 Å². The zero-order chi connectivity index (χ0) is 34.1. The number of nitrogens with zero attached hydrogens (tertiary/aromatic N) is 7. The van der Waals surface area contributed by atoms with Gasteiger partial charge in [-0.05, 0) is 88.6 Å². The maximum atomic E-state index is 13.7. The number of aliphatic imine (C=N–C) groups is 2. The van der Waals surface area contributed by atoms with Crippen LogP contribution in [0, 0.1) is 12.7 Å². The van der Waals surface area contributed by atoms with Gasteiger partial charge in [-0.2, -0.15) is 5.10 Å². The van der Waals surface area contributed by atoms with E-state index in [4.69, 9.17) is 15.1 Å². The molecule has 0 N–H and O–H groups in total. The van der Waals surface area contributed by atoms with Crippen molar-refractivity contribution >= 4 is 56.1 Å². The van der Waals surface area contributed by atoms with Crippen LogP contribution in [0.2, 0.25) is 0 Å². The fourth-order valence-electron chi connectivity index (χ4n) is 8.10. The van der Waals surface area contributed by atoms with E-state index in [1.54, 1.807) is 0 Å². The van der Waals surface area contributed by atoms with E-state index in [1.807, 2.05) is 35.0 Å². The van der Waals surface area contributed by atoms with E-state index in [-0.39, 0.29) is 11.9 Å². The maximum Gasteiger partial charge on any atom is 0.179 e. The molecule has 51 heavy (non-hydrogen) atoms. The number of amidine groups is 2. The third-order valence-corrected chi connectivity index (χ3v) is 10.5. The molecule has 7 nitrogen and oxygen atoms in total. The first kappa shape index (κ1) is 29.6. The number of hydrogen-bond acceptors (Lipinski definition) is 6. The predicted octanol–water partition coefficient (Wildman–Crippen LogP) is 9.13. The second-order valence-electron chi connectivity index (χ2n) is 13.4. The molecule has 0 saturated carbocycles. The van der Waals surface area contributed by atoms with Gasteiger partial charge in [-0.3, -0.25) is 0 Å². The number of fused-ring (bicyclic) bond motifs is 6. The fraction of sp³-hybridized carbons (Fsp3) is 0.140. The summed E-state index contributed by atoms with van der Waals surface area (Å²) >= 11 is 0. The molecule has 0 bridgehead atoms. The van der Waals surface area contributed by atoms with Crippen molar-refractivity contribution in [3.05, 3.63) is 156 Å². The number of aromatic nitrogens is 2. The molecule has 8 heteroatoms. The Kier molecular flexibility index (Phi) is 6.77. The van der Waals surface area contributed by atoms with Crippen molar-refractivity contribution in [2.45, 2.75) is 13.0 Å². The minimum absolute atomic E-state index is 0.221. The number of aryl methyl sites for hydroxylation is 1. The molecule has 3 aliphatic heterocycles. The normalized spacial score (nSPS) is 16.8. The lowest BCUT2D eigenvalue weighted by molar-refractivity contribution is 0.389. The number of para-hydroxylation sites is 3. The van der Waals surface area contributed by atoms with Gasteiger partial charge in [0.1, 0.15) is 5.82 Å². The van der Waals surface area contributed by atoms with Crippen molar-refractivity contribution in [2.75, 3.05) is 36.0 Å². The molecule has 4 heterocycles. The highest BCUT2D eigenvalue weighted by atomic mass is 19.1. The molecule has 7 aromatic rings. The number of halogens is 1. The Labute approximate surface area is 295 Å². The highest BCUT2D eigenvalue weighted by Gasteiger charge is 2.44. The van der Waals surface area contributed by atoms with Gasteiger partial charge in [0.2, 0.25) is 0 Å². The summed E-state index contributed by atoms with van der Waals surface area (Å²) in [5.74, 6) is 2.27. The number of rotatable bonds is 3. The van der Waals surface area contributed by atoms with Crippen LogP contribution >= 0.6 is 0 Å². The Hall–Kier alpha value is -6.28. The number of hydrogen-bond donors (Lipinski definition) is 0. The molecule has 248 valence electrons. The van der Waals surface area contributed by atoms with E-state index >= 15 is 0 Å². The fourth-order valence-corrected chi connectivity index (χ4v) is 8.10.